The molecule has 1 amide bonds. The van der Waals surface area contributed by atoms with E-state index in [4.69, 9.17) is 4.74 Å². The van der Waals surface area contributed by atoms with Crippen LogP contribution in [0.15, 0.2) is 54.7 Å². The molecule has 2 heterocycles. The average Bonchev–Trinajstić information content (AvgIpc) is 2.96. The summed E-state index contributed by atoms with van der Waals surface area (Å²) < 4.78 is 7.93. The van der Waals surface area contributed by atoms with Gasteiger partial charge in [-0.1, -0.05) is 42.5 Å². The largest absolute Gasteiger partial charge is 0.371 e. The number of aryl methyl sites for hydroxylation is 1. The van der Waals surface area contributed by atoms with Crippen LogP contribution >= 0.6 is 0 Å². The Bertz CT molecular complexity index is 913. The van der Waals surface area contributed by atoms with Crippen LogP contribution in [0.3, 0.4) is 0 Å². The Morgan fingerprint density at radius 1 is 1.16 bits per heavy atom. The number of carbonyl (C=O) groups excluding carboxylic acids is 1. The smallest absolute Gasteiger partial charge is 0.224 e. The predicted octanol–water partition coefficient (Wildman–Crippen LogP) is 2.98. The van der Waals surface area contributed by atoms with Crippen molar-refractivity contribution in [1.82, 2.24) is 9.88 Å². The van der Waals surface area contributed by atoms with Crippen LogP contribution < -0.4 is 5.32 Å². The van der Waals surface area contributed by atoms with Crippen molar-refractivity contribution in [2.24, 2.45) is 7.05 Å². The van der Waals surface area contributed by atoms with E-state index in [0.717, 1.165) is 22.9 Å². The summed E-state index contributed by atoms with van der Waals surface area (Å²) in [4.78, 5) is 12.4. The molecule has 1 aliphatic rings. The number of para-hydroxylation sites is 1. The first-order chi connectivity index (χ1) is 12.2. The first-order valence-electron chi connectivity index (χ1n) is 8.69. The second-order valence-corrected chi connectivity index (χ2v) is 6.67. The Hall–Kier alpha value is -2.59. The Balaban J connectivity index is 1.37. The van der Waals surface area contributed by atoms with Crippen molar-refractivity contribution in [2.45, 2.75) is 25.6 Å². The second-order valence-electron chi connectivity index (χ2n) is 6.67. The summed E-state index contributed by atoms with van der Waals surface area (Å²) in [7, 11) is 2.01. The highest BCUT2D eigenvalue weighted by atomic mass is 16.5. The molecule has 1 aliphatic heterocycles. The number of hydrogen-bond acceptors (Lipinski definition) is 2. The lowest BCUT2D eigenvalue weighted by molar-refractivity contribution is -0.121. The topological polar surface area (TPSA) is 43.3 Å². The van der Waals surface area contributed by atoms with E-state index in [9.17, 15) is 4.79 Å². The third-order valence-corrected chi connectivity index (χ3v) is 4.90. The van der Waals surface area contributed by atoms with Crippen molar-refractivity contribution in [3.8, 4) is 0 Å². The molecular weight excluding hydrogens is 312 g/mol. The molecule has 0 radical (unpaired) electrons. The lowest BCUT2D eigenvalue weighted by Gasteiger charge is -2.25. The minimum Gasteiger partial charge on any atom is -0.371 e. The fourth-order valence-electron chi connectivity index (χ4n) is 3.57. The van der Waals surface area contributed by atoms with Gasteiger partial charge in [0, 0.05) is 37.1 Å². The fourth-order valence-corrected chi connectivity index (χ4v) is 3.57. The van der Waals surface area contributed by atoms with Gasteiger partial charge < -0.3 is 14.6 Å². The Morgan fingerprint density at radius 2 is 1.92 bits per heavy atom. The molecule has 0 aliphatic carbocycles. The summed E-state index contributed by atoms with van der Waals surface area (Å²) in [5.74, 6) is 0.0406. The van der Waals surface area contributed by atoms with E-state index >= 15 is 0 Å². The summed E-state index contributed by atoms with van der Waals surface area (Å²) in [5.41, 5.74) is 4.78. The van der Waals surface area contributed by atoms with Crippen molar-refractivity contribution in [1.29, 1.82) is 0 Å². The van der Waals surface area contributed by atoms with Gasteiger partial charge in [0.05, 0.1) is 19.1 Å². The lowest BCUT2D eigenvalue weighted by atomic mass is 9.99. The van der Waals surface area contributed by atoms with Crippen LogP contribution in [-0.4, -0.2) is 23.1 Å². The fraction of sp³-hybridized carbons (Fsp3) is 0.286. The normalized spacial score (nSPS) is 16.6. The molecule has 1 atom stereocenters. The highest BCUT2D eigenvalue weighted by Gasteiger charge is 2.19. The van der Waals surface area contributed by atoms with E-state index in [1.54, 1.807) is 0 Å². The maximum atomic E-state index is 12.4. The van der Waals surface area contributed by atoms with Crippen LogP contribution in [-0.2, 0) is 36.0 Å². The van der Waals surface area contributed by atoms with Crippen molar-refractivity contribution in [2.75, 3.05) is 6.54 Å². The van der Waals surface area contributed by atoms with Crippen LogP contribution in [0.4, 0.5) is 0 Å². The quantitative estimate of drug-likeness (QED) is 0.797. The first-order valence-corrected chi connectivity index (χ1v) is 8.69. The molecule has 128 valence electrons. The predicted molar refractivity (Wildman–Crippen MR) is 98.4 cm³/mol. The van der Waals surface area contributed by atoms with Gasteiger partial charge in [0.15, 0.2) is 0 Å². The van der Waals surface area contributed by atoms with Crippen LogP contribution in [0.1, 0.15) is 16.7 Å². The number of aromatic nitrogens is 1. The number of hydrogen-bond donors (Lipinski definition) is 1. The van der Waals surface area contributed by atoms with Crippen molar-refractivity contribution in [3.63, 3.8) is 0 Å². The van der Waals surface area contributed by atoms with Crippen LogP contribution in [0.5, 0.6) is 0 Å². The first kappa shape index (κ1) is 15.9. The summed E-state index contributed by atoms with van der Waals surface area (Å²) in [6.45, 7) is 1.18. The molecule has 0 bridgehead atoms. The maximum absolute atomic E-state index is 12.4. The molecular formula is C21H22N2O2. The molecule has 0 saturated heterocycles. The molecule has 2 aromatic carbocycles. The summed E-state index contributed by atoms with van der Waals surface area (Å²) >= 11 is 0. The van der Waals surface area contributed by atoms with Crippen LogP contribution in [0.25, 0.3) is 10.9 Å². The molecule has 3 aromatic rings. The van der Waals surface area contributed by atoms with Gasteiger partial charge in [0.1, 0.15) is 0 Å². The molecule has 0 spiro atoms. The number of ether oxygens (including phenoxy) is 1. The van der Waals surface area contributed by atoms with Crippen molar-refractivity contribution in [3.05, 3.63) is 71.4 Å². The Morgan fingerprint density at radius 3 is 2.80 bits per heavy atom. The zero-order valence-electron chi connectivity index (χ0n) is 14.4. The standard InChI is InChI=1S/C21H22N2O2/c1-23-13-17(19-8-4-5-9-20(19)23)11-21(24)22-12-18-10-15-6-2-3-7-16(15)14-25-18/h2-9,13,18H,10-12,14H2,1H3,(H,22,24)/t18-/m0/s1. The zero-order valence-corrected chi connectivity index (χ0v) is 14.4. The maximum Gasteiger partial charge on any atom is 0.224 e. The minimum absolute atomic E-state index is 0.0406. The Labute approximate surface area is 147 Å². The molecule has 1 aromatic heterocycles. The molecule has 0 saturated carbocycles. The highest BCUT2D eigenvalue weighted by molar-refractivity contribution is 5.89. The molecule has 25 heavy (non-hydrogen) atoms. The van der Waals surface area contributed by atoms with E-state index in [1.165, 1.54) is 11.1 Å². The van der Waals surface area contributed by atoms with E-state index in [0.29, 0.717) is 19.6 Å². The third kappa shape index (κ3) is 3.30. The monoisotopic (exact) mass is 334 g/mol. The number of amides is 1. The van der Waals surface area contributed by atoms with Crippen LogP contribution in [0, 0.1) is 0 Å². The minimum atomic E-state index is 0.0406. The second kappa shape index (κ2) is 6.73. The highest BCUT2D eigenvalue weighted by Crippen LogP contribution is 2.21. The van der Waals surface area contributed by atoms with Gasteiger partial charge in [-0.2, -0.15) is 0 Å². The summed E-state index contributed by atoms with van der Waals surface area (Å²) in [6.07, 6.45) is 3.33. The van der Waals surface area contributed by atoms with E-state index in [-0.39, 0.29) is 12.0 Å². The molecule has 4 rings (SSSR count). The molecule has 0 fully saturated rings. The number of rotatable bonds is 4. The summed E-state index contributed by atoms with van der Waals surface area (Å²) in [5, 5.41) is 4.17. The number of fused-ring (bicyclic) bond motifs is 2. The van der Waals surface area contributed by atoms with Gasteiger partial charge in [-0.15, -0.1) is 0 Å². The third-order valence-electron chi connectivity index (χ3n) is 4.90. The van der Waals surface area contributed by atoms with Crippen LogP contribution in [0.2, 0.25) is 0 Å². The van der Waals surface area contributed by atoms with Gasteiger partial charge in [0.2, 0.25) is 5.91 Å². The zero-order chi connectivity index (χ0) is 17.2. The van der Waals surface area contributed by atoms with E-state index < -0.39 is 0 Å². The van der Waals surface area contributed by atoms with Gasteiger partial charge in [-0.05, 0) is 22.8 Å². The number of carbonyl (C=O) groups is 1. The van der Waals surface area contributed by atoms with Gasteiger partial charge in [-0.25, -0.2) is 0 Å². The number of nitrogens with zero attached hydrogens (tertiary/aromatic N) is 1. The molecule has 1 N–H and O–H groups in total. The van der Waals surface area contributed by atoms with Crippen molar-refractivity contribution < 1.29 is 9.53 Å². The van der Waals surface area contributed by atoms with E-state index in [2.05, 4.69) is 40.2 Å². The van der Waals surface area contributed by atoms with Crippen molar-refractivity contribution >= 4 is 16.8 Å². The van der Waals surface area contributed by atoms with Gasteiger partial charge in [-0.3, -0.25) is 4.79 Å². The molecule has 0 unspecified atom stereocenters. The van der Waals surface area contributed by atoms with E-state index in [1.807, 2.05) is 31.4 Å². The molecule has 4 heteroatoms. The Kier molecular flexibility index (Phi) is 4.28. The average molecular weight is 334 g/mol. The summed E-state index contributed by atoms with van der Waals surface area (Å²) in [6, 6.07) is 16.5. The molecule has 4 nitrogen and oxygen atoms in total. The lowest BCUT2D eigenvalue weighted by Crippen LogP contribution is -2.37. The number of benzene rings is 2. The van der Waals surface area contributed by atoms with Gasteiger partial charge >= 0.3 is 0 Å². The SMILES string of the molecule is Cn1cc(CC(=O)NC[C@@H]2Cc3ccccc3CO2)c2ccccc21. The van der Waals surface area contributed by atoms with Gasteiger partial charge in [0.25, 0.3) is 0 Å². The number of nitrogens with one attached hydrogen (secondary N) is 1.